The highest BCUT2D eigenvalue weighted by molar-refractivity contribution is 5.75. The number of tetrazole rings is 1. The van der Waals surface area contributed by atoms with Crippen molar-refractivity contribution in [3.63, 3.8) is 0 Å². The lowest BCUT2D eigenvalue weighted by atomic mass is 10.0. The molecule has 1 aliphatic rings. The Labute approximate surface area is 168 Å². The molecule has 1 saturated heterocycles. The number of aromatic nitrogens is 6. The van der Waals surface area contributed by atoms with Crippen LogP contribution in [0.5, 0.6) is 0 Å². The topological polar surface area (TPSA) is 114 Å². The van der Waals surface area contributed by atoms with E-state index in [0.29, 0.717) is 31.4 Å². The second-order valence-electron chi connectivity index (χ2n) is 6.95. The Bertz CT molecular complexity index is 933. The van der Waals surface area contributed by atoms with Crippen LogP contribution in [0.25, 0.3) is 0 Å². The number of rotatable bonds is 7. The SMILES string of the molecule is Cc1cnc(CNC(=O)Cn2nnnc2C(c2ccccc2)N2CCOCC2)[nH]1. The molecule has 1 atom stereocenters. The van der Waals surface area contributed by atoms with Crippen molar-refractivity contribution in [2.45, 2.75) is 26.1 Å². The van der Waals surface area contributed by atoms with Crippen molar-refractivity contribution in [2.24, 2.45) is 0 Å². The average Bonchev–Trinajstić information content (AvgIpc) is 3.37. The minimum absolute atomic E-state index is 0.0374. The van der Waals surface area contributed by atoms with Crippen molar-refractivity contribution < 1.29 is 9.53 Å². The fraction of sp³-hybridized carbons (Fsp3) is 0.421. The van der Waals surface area contributed by atoms with E-state index in [0.717, 1.165) is 24.3 Å². The zero-order valence-corrected chi connectivity index (χ0v) is 16.3. The second kappa shape index (κ2) is 8.93. The number of aromatic amines is 1. The Morgan fingerprint density at radius 1 is 1.28 bits per heavy atom. The first kappa shape index (κ1) is 19.2. The van der Waals surface area contributed by atoms with Crippen LogP contribution < -0.4 is 5.32 Å². The maximum absolute atomic E-state index is 12.5. The van der Waals surface area contributed by atoms with E-state index in [1.165, 1.54) is 0 Å². The van der Waals surface area contributed by atoms with Gasteiger partial charge >= 0.3 is 0 Å². The van der Waals surface area contributed by atoms with E-state index < -0.39 is 0 Å². The number of nitrogens with one attached hydrogen (secondary N) is 2. The highest BCUT2D eigenvalue weighted by Gasteiger charge is 2.29. The van der Waals surface area contributed by atoms with Gasteiger partial charge in [0.25, 0.3) is 0 Å². The number of amides is 1. The van der Waals surface area contributed by atoms with Crippen LogP contribution in [0.4, 0.5) is 0 Å². The summed E-state index contributed by atoms with van der Waals surface area (Å²) in [6.45, 7) is 5.15. The van der Waals surface area contributed by atoms with Crippen molar-refractivity contribution in [1.82, 2.24) is 40.4 Å². The fourth-order valence-corrected chi connectivity index (χ4v) is 3.45. The van der Waals surface area contributed by atoms with E-state index in [1.807, 2.05) is 25.1 Å². The van der Waals surface area contributed by atoms with Crippen LogP contribution in [0, 0.1) is 6.92 Å². The minimum Gasteiger partial charge on any atom is -0.379 e. The number of hydrogen-bond donors (Lipinski definition) is 2. The molecule has 2 aromatic heterocycles. The number of H-pyrrole nitrogens is 1. The van der Waals surface area contributed by atoms with E-state index in [2.05, 4.69) is 47.8 Å². The molecule has 152 valence electrons. The standard InChI is InChI=1S/C19H24N8O2/c1-14-11-20-16(22-14)12-21-17(28)13-27-19(23-24-25-27)18(15-5-3-2-4-6-15)26-7-9-29-10-8-26/h2-6,11,18H,7-10,12-13H2,1H3,(H,20,22)(H,21,28). The molecular formula is C19H24N8O2. The summed E-state index contributed by atoms with van der Waals surface area (Å²) in [6, 6.07) is 9.93. The van der Waals surface area contributed by atoms with Gasteiger partial charge in [0, 0.05) is 25.0 Å². The monoisotopic (exact) mass is 396 g/mol. The number of aryl methyl sites for hydroxylation is 1. The summed E-state index contributed by atoms with van der Waals surface area (Å²) in [7, 11) is 0. The lowest BCUT2D eigenvalue weighted by Gasteiger charge is -2.33. The van der Waals surface area contributed by atoms with Gasteiger partial charge in [0.15, 0.2) is 5.82 Å². The van der Waals surface area contributed by atoms with Crippen LogP contribution >= 0.6 is 0 Å². The number of ether oxygens (including phenoxy) is 1. The Hall–Kier alpha value is -3.11. The molecule has 0 saturated carbocycles. The number of imidazole rings is 1. The van der Waals surface area contributed by atoms with Gasteiger partial charge in [-0.3, -0.25) is 9.69 Å². The molecule has 1 aromatic carbocycles. The van der Waals surface area contributed by atoms with Gasteiger partial charge in [0.1, 0.15) is 12.4 Å². The van der Waals surface area contributed by atoms with E-state index in [9.17, 15) is 4.79 Å². The van der Waals surface area contributed by atoms with E-state index in [4.69, 9.17) is 4.74 Å². The normalized spacial score (nSPS) is 15.9. The van der Waals surface area contributed by atoms with Crippen LogP contribution in [-0.4, -0.2) is 67.3 Å². The number of morpholine rings is 1. The molecule has 2 N–H and O–H groups in total. The van der Waals surface area contributed by atoms with Crippen molar-refractivity contribution >= 4 is 5.91 Å². The summed E-state index contributed by atoms with van der Waals surface area (Å²) in [5.74, 6) is 1.17. The number of carbonyl (C=O) groups is 1. The molecule has 4 rings (SSSR count). The first-order valence-electron chi connectivity index (χ1n) is 9.60. The van der Waals surface area contributed by atoms with Crippen molar-refractivity contribution in [1.29, 1.82) is 0 Å². The van der Waals surface area contributed by atoms with Gasteiger partial charge in [-0.2, -0.15) is 0 Å². The fourth-order valence-electron chi connectivity index (χ4n) is 3.45. The lowest BCUT2D eigenvalue weighted by molar-refractivity contribution is -0.122. The van der Waals surface area contributed by atoms with Gasteiger partial charge < -0.3 is 15.0 Å². The highest BCUT2D eigenvalue weighted by Crippen LogP contribution is 2.27. The molecule has 0 bridgehead atoms. The first-order chi connectivity index (χ1) is 14.2. The number of benzene rings is 1. The van der Waals surface area contributed by atoms with Crippen LogP contribution in [0.15, 0.2) is 36.5 Å². The van der Waals surface area contributed by atoms with E-state index in [1.54, 1.807) is 10.9 Å². The molecule has 0 spiro atoms. The summed E-state index contributed by atoms with van der Waals surface area (Å²) in [5.41, 5.74) is 2.03. The molecule has 0 radical (unpaired) electrons. The summed E-state index contributed by atoms with van der Waals surface area (Å²) in [6.07, 6.45) is 1.73. The second-order valence-corrected chi connectivity index (χ2v) is 6.95. The Kier molecular flexibility index (Phi) is 5.92. The molecule has 10 nitrogen and oxygen atoms in total. The highest BCUT2D eigenvalue weighted by atomic mass is 16.5. The Morgan fingerprint density at radius 3 is 2.79 bits per heavy atom. The molecule has 1 amide bonds. The van der Waals surface area contributed by atoms with Gasteiger partial charge in [-0.1, -0.05) is 30.3 Å². The zero-order valence-electron chi connectivity index (χ0n) is 16.3. The number of carbonyl (C=O) groups excluding carboxylic acids is 1. The van der Waals surface area contributed by atoms with E-state index in [-0.39, 0.29) is 18.5 Å². The van der Waals surface area contributed by atoms with Gasteiger partial charge in [0.2, 0.25) is 5.91 Å². The lowest BCUT2D eigenvalue weighted by Crippen LogP contribution is -2.41. The quantitative estimate of drug-likeness (QED) is 0.596. The van der Waals surface area contributed by atoms with Crippen LogP contribution in [-0.2, 0) is 22.6 Å². The van der Waals surface area contributed by atoms with Crippen LogP contribution in [0.1, 0.15) is 28.9 Å². The molecule has 1 unspecified atom stereocenters. The molecule has 3 aromatic rings. The van der Waals surface area contributed by atoms with E-state index >= 15 is 0 Å². The Morgan fingerprint density at radius 2 is 2.07 bits per heavy atom. The third kappa shape index (κ3) is 4.66. The van der Waals surface area contributed by atoms with Crippen molar-refractivity contribution in [2.75, 3.05) is 26.3 Å². The van der Waals surface area contributed by atoms with Crippen molar-refractivity contribution in [3.05, 3.63) is 59.4 Å². The molecule has 1 fully saturated rings. The van der Waals surface area contributed by atoms with Gasteiger partial charge in [0.05, 0.1) is 25.8 Å². The third-order valence-electron chi connectivity index (χ3n) is 4.83. The predicted molar refractivity (Wildman–Crippen MR) is 104 cm³/mol. The first-order valence-corrected chi connectivity index (χ1v) is 9.60. The zero-order chi connectivity index (χ0) is 20.1. The van der Waals surface area contributed by atoms with Crippen molar-refractivity contribution in [3.8, 4) is 0 Å². The van der Waals surface area contributed by atoms with Crippen LogP contribution in [0.3, 0.4) is 0 Å². The molecule has 3 heterocycles. The summed E-state index contributed by atoms with van der Waals surface area (Å²) in [5, 5.41) is 15.0. The third-order valence-corrected chi connectivity index (χ3v) is 4.83. The summed E-state index contributed by atoms with van der Waals surface area (Å²) >= 11 is 0. The summed E-state index contributed by atoms with van der Waals surface area (Å²) in [4.78, 5) is 22.0. The number of hydrogen-bond acceptors (Lipinski definition) is 7. The maximum Gasteiger partial charge on any atom is 0.242 e. The smallest absolute Gasteiger partial charge is 0.242 e. The molecule has 0 aliphatic carbocycles. The molecule has 1 aliphatic heterocycles. The van der Waals surface area contributed by atoms with Crippen LogP contribution in [0.2, 0.25) is 0 Å². The van der Waals surface area contributed by atoms with Gasteiger partial charge in [-0.25, -0.2) is 9.67 Å². The van der Waals surface area contributed by atoms with Gasteiger partial charge in [-0.15, -0.1) is 5.10 Å². The predicted octanol–water partition coefficient (Wildman–Crippen LogP) is 0.443. The minimum atomic E-state index is -0.179. The largest absolute Gasteiger partial charge is 0.379 e. The average molecular weight is 396 g/mol. The maximum atomic E-state index is 12.5. The molecule has 10 heteroatoms. The summed E-state index contributed by atoms with van der Waals surface area (Å²) < 4.78 is 7.07. The Balaban J connectivity index is 1.51. The molecular weight excluding hydrogens is 372 g/mol. The van der Waals surface area contributed by atoms with Gasteiger partial charge in [-0.05, 0) is 22.9 Å². The number of nitrogens with zero attached hydrogens (tertiary/aromatic N) is 6. The molecule has 29 heavy (non-hydrogen) atoms.